The van der Waals surface area contributed by atoms with Crippen molar-refractivity contribution in [1.29, 1.82) is 0 Å². The third kappa shape index (κ3) is 3.43. The minimum Gasteiger partial charge on any atom is -0.481 e. The van der Waals surface area contributed by atoms with E-state index in [0.717, 1.165) is 0 Å². The van der Waals surface area contributed by atoms with Crippen LogP contribution >= 0.6 is 0 Å². The molecule has 116 valence electrons. The van der Waals surface area contributed by atoms with Gasteiger partial charge in [-0.2, -0.15) is 0 Å². The molecule has 0 aliphatic carbocycles. The Morgan fingerprint density at radius 2 is 2.05 bits per heavy atom. The number of carbonyl (C=O) groups is 2. The second-order valence-corrected chi connectivity index (χ2v) is 6.91. The van der Waals surface area contributed by atoms with Gasteiger partial charge in [0.2, 0.25) is 0 Å². The first-order valence-corrected chi connectivity index (χ1v) is 7.17. The van der Waals surface area contributed by atoms with Crippen molar-refractivity contribution in [3.8, 4) is 0 Å². The number of aliphatic carboxylic acids is 1. The predicted molar refractivity (Wildman–Crippen MR) is 76.0 cm³/mol. The molecule has 0 bridgehead atoms. The number of piperidine rings is 1. The maximum absolute atomic E-state index is 12.5. The fourth-order valence-electron chi connectivity index (χ4n) is 2.59. The predicted octanol–water partition coefficient (Wildman–Crippen LogP) is 2.15. The smallest absolute Gasteiger partial charge is 0.308 e. The molecule has 1 fully saturated rings. The maximum Gasteiger partial charge on any atom is 0.308 e. The van der Waals surface area contributed by atoms with E-state index >= 15 is 0 Å². The van der Waals surface area contributed by atoms with Crippen LogP contribution in [0.4, 0.5) is 0 Å². The second kappa shape index (κ2) is 5.50. The van der Waals surface area contributed by atoms with Gasteiger partial charge in [-0.1, -0.05) is 32.9 Å². The van der Waals surface area contributed by atoms with Gasteiger partial charge in [0.25, 0.3) is 5.91 Å². The molecule has 1 N–H and O–H groups in total. The van der Waals surface area contributed by atoms with E-state index in [2.05, 4.69) is 5.16 Å². The van der Waals surface area contributed by atoms with E-state index in [1.807, 2.05) is 27.7 Å². The zero-order chi connectivity index (χ0) is 15.8. The number of nitrogens with zero attached hydrogens (tertiary/aromatic N) is 2. The first kappa shape index (κ1) is 15.5. The van der Waals surface area contributed by atoms with Crippen LogP contribution in [0.1, 0.15) is 50.4 Å². The van der Waals surface area contributed by atoms with Crippen LogP contribution in [0.2, 0.25) is 0 Å². The van der Waals surface area contributed by atoms with Gasteiger partial charge in [-0.3, -0.25) is 9.59 Å². The van der Waals surface area contributed by atoms with Crippen molar-refractivity contribution < 1.29 is 19.2 Å². The molecular formula is C15H22N2O4. The van der Waals surface area contributed by atoms with Crippen molar-refractivity contribution >= 4 is 11.9 Å². The fraction of sp³-hybridized carbons (Fsp3) is 0.667. The molecule has 0 radical (unpaired) electrons. The molecular weight excluding hydrogens is 272 g/mol. The van der Waals surface area contributed by atoms with Crippen LogP contribution in [0.5, 0.6) is 0 Å². The lowest BCUT2D eigenvalue weighted by atomic mass is 9.90. The number of aromatic nitrogens is 1. The first-order chi connectivity index (χ1) is 9.68. The van der Waals surface area contributed by atoms with Crippen LogP contribution in [-0.4, -0.2) is 40.1 Å². The number of amides is 1. The molecule has 1 aromatic heterocycles. The number of likely N-dealkylation sites (tertiary alicyclic amines) is 1. The number of hydrogen-bond donors (Lipinski definition) is 1. The molecule has 1 aliphatic rings. The minimum atomic E-state index is -0.852. The lowest BCUT2D eigenvalue weighted by Crippen LogP contribution is -2.45. The lowest BCUT2D eigenvalue weighted by Gasteiger charge is -2.34. The molecule has 21 heavy (non-hydrogen) atoms. The van der Waals surface area contributed by atoms with E-state index in [1.165, 1.54) is 0 Å². The van der Waals surface area contributed by atoms with Crippen molar-refractivity contribution in [3.05, 3.63) is 17.5 Å². The monoisotopic (exact) mass is 294 g/mol. The summed E-state index contributed by atoms with van der Waals surface area (Å²) < 4.78 is 5.23. The van der Waals surface area contributed by atoms with E-state index in [-0.39, 0.29) is 29.5 Å². The molecule has 1 saturated heterocycles. The van der Waals surface area contributed by atoms with E-state index in [9.17, 15) is 9.59 Å². The summed E-state index contributed by atoms with van der Waals surface area (Å²) >= 11 is 0. The topological polar surface area (TPSA) is 83.6 Å². The third-order valence-electron chi connectivity index (χ3n) is 3.76. The maximum atomic E-state index is 12.5. The summed E-state index contributed by atoms with van der Waals surface area (Å²) in [7, 11) is 0. The normalized spacial score (nSPS) is 23.1. The molecule has 2 unspecified atom stereocenters. The van der Waals surface area contributed by atoms with Gasteiger partial charge < -0.3 is 14.5 Å². The van der Waals surface area contributed by atoms with Crippen molar-refractivity contribution in [2.24, 2.45) is 11.8 Å². The SMILES string of the molecule is CC1CC(C(=O)O)CN(C(=O)c2cc(C(C)(C)C)on2)C1. The molecule has 1 aromatic rings. The van der Waals surface area contributed by atoms with Crippen molar-refractivity contribution in [2.45, 2.75) is 39.5 Å². The molecule has 1 aliphatic heterocycles. The van der Waals surface area contributed by atoms with Gasteiger partial charge in [-0.15, -0.1) is 0 Å². The van der Waals surface area contributed by atoms with E-state index in [4.69, 9.17) is 9.63 Å². The number of hydrogen-bond acceptors (Lipinski definition) is 4. The summed E-state index contributed by atoms with van der Waals surface area (Å²) in [6.45, 7) is 8.68. The number of carboxylic acids is 1. The summed E-state index contributed by atoms with van der Waals surface area (Å²) in [5.74, 6) is -0.808. The fourth-order valence-corrected chi connectivity index (χ4v) is 2.59. The summed E-state index contributed by atoms with van der Waals surface area (Å²) in [6.07, 6.45) is 0.602. The highest BCUT2D eigenvalue weighted by molar-refractivity contribution is 5.92. The molecule has 2 atom stereocenters. The number of carbonyl (C=O) groups excluding carboxylic acids is 1. The largest absolute Gasteiger partial charge is 0.481 e. The van der Waals surface area contributed by atoms with Crippen LogP contribution in [0.15, 0.2) is 10.6 Å². The van der Waals surface area contributed by atoms with Gasteiger partial charge in [0, 0.05) is 24.6 Å². The Labute approximate surface area is 124 Å². The molecule has 0 spiro atoms. The average molecular weight is 294 g/mol. The van der Waals surface area contributed by atoms with Gasteiger partial charge in [-0.25, -0.2) is 0 Å². The van der Waals surface area contributed by atoms with Crippen LogP contribution in [0.25, 0.3) is 0 Å². The molecule has 2 rings (SSSR count). The summed E-state index contributed by atoms with van der Waals surface area (Å²) in [5, 5.41) is 13.0. The lowest BCUT2D eigenvalue weighted by molar-refractivity contribution is -0.143. The van der Waals surface area contributed by atoms with Crippen molar-refractivity contribution in [3.63, 3.8) is 0 Å². The van der Waals surface area contributed by atoms with Crippen LogP contribution in [0, 0.1) is 11.8 Å². The molecule has 1 amide bonds. The quantitative estimate of drug-likeness (QED) is 0.903. The van der Waals surface area contributed by atoms with Gasteiger partial charge in [-0.05, 0) is 12.3 Å². The molecule has 2 heterocycles. The second-order valence-electron chi connectivity index (χ2n) is 6.91. The highest BCUT2D eigenvalue weighted by Crippen LogP contribution is 2.26. The average Bonchev–Trinajstić information content (AvgIpc) is 2.86. The van der Waals surface area contributed by atoms with Gasteiger partial charge in [0.05, 0.1) is 5.92 Å². The summed E-state index contributed by atoms with van der Waals surface area (Å²) in [5.41, 5.74) is 0.0304. The Balaban J connectivity index is 2.15. The van der Waals surface area contributed by atoms with E-state index in [1.54, 1.807) is 11.0 Å². The van der Waals surface area contributed by atoms with Crippen molar-refractivity contribution in [2.75, 3.05) is 13.1 Å². The third-order valence-corrected chi connectivity index (χ3v) is 3.76. The molecule has 6 heteroatoms. The van der Waals surface area contributed by atoms with Crippen LogP contribution in [-0.2, 0) is 10.2 Å². The van der Waals surface area contributed by atoms with Crippen LogP contribution in [0.3, 0.4) is 0 Å². The first-order valence-electron chi connectivity index (χ1n) is 7.17. The highest BCUT2D eigenvalue weighted by Gasteiger charge is 2.33. The zero-order valence-electron chi connectivity index (χ0n) is 12.9. The molecule has 6 nitrogen and oxygen atoms in total. The standard InChI is InChI=1S/C15H22N2O4/c1-9-5-10(14(19)20)8-17(7-9)13(18)11-6-12(21-16-11)15(2,3)4/h6,9-10H,5,7-8H2,1-4H3,(H,19,20). The van der Waals surface area contributed by atoms with Gasteiger partial charge in [0.15, 0.2) is 5.69 Å². The number of carboxylic acid groups (broad SMARTS) is 1. The Kier molecular flexibility index (Phi) is 4.07. The van der Waals surface area contributed by atoms with Crippen molar-refractivity contribution in [1.82, 2.24) is 10.1 Å². The molecule has 0 saturated carbocycles. The summed E-state index contributed by atoms with van der Waals surface area (Å²) in [6, 6.07) is 1.65. The Morgan fingerprint density at radius 3 is 2.57 bits per heavy atom. The Bertz CT molecular complexity index is 544. The summed E-state index contributed by atoms with van der Waals surface area (Å²) in [4.78, 5) is 25.2. The number of rotatable bonds is 2. The highest BCUT2D eigenvalue weighted by atomic mass is 16.5. The Morgan fingerprint density at radius 1 is 1.38 bits per heavy atom. The van der Waals surface area contributed by atoms with E-state index < -0.39 is 11.9 Å². The van der Waals surface area contributed by atoms with Gasteiger partial charge >= 0.3 is 5.97 Å². The van der Waals surface area contributed by atoms with Crippen LogP contribution < -0.4 is 0 Å². The Hall–Kier alpha value is -1.85. The minimum absolute atomic E-state index is 0.165. The zero-order valence-corrected chi connectivity index (χ0v) is 12.9. The molecule has 0 aromatic carbocycles. The van der Waals surface area contributed by atoms with Gasteiger partial charge in [0.1, 0.15) is 5.76 Å². The van der Waals surface area contributed by atoms with E-state index in [0.29, 0.717) is 18.7 Å².